The van der Waals surface area contributed by atoms with Crippen molar-refractivity contribution in [2.75, 3.05) is 37.9 Å². The predicted octanol–water partition coefficient (Wildman–Crippen LogP) is 2.89. The summed E-state index contributed by atoms with van der Waals surface area (Å²) in [5.41, 5.74) is 2.04. The quantitative estimate of drug-likeness (QED) is 0.801. The second-order valence-corrected chi connectivity index (χ2v) is 8.68. The van der Waals surface area contributed by atoms with Crippen molar-refractivity contribution < 1.29 is 17.9 Å². The van der Waals surface area contributed by atoms with Crippen LogP contribution in [-0.2, 0) is 10.0 Å². The Morgan fingerprint density at radius 2 is 1.69 bits per heavy atom. The van der Waals surface area contributed by atoms with Crippen LogP contribution in [0, 0.1) is 6.92 Å². The summed E-state index contributed by atoms with van der Waals surface area (Å²) in [6.45, 7) is 4.15. The molecule has 0 radical (unpaired) electrons. The molecule has 4 rings (SSSR count). The molecule has 26 heavy (non-hydrogen) atoms. The summed E-state index contributed by atoms with van der Waals surface area (Å²) in [4.78, 5) is 2.38. The number of fused-ring (bicyclic) bond motifs is 1. The molecule has 0 bridgehead atoms. The number of aryl methyl sites for hydroxylation is 1. The molecule has 6 nitrogen and oxygen atoms in total. The number of hydrogen-bond acceptors (Lipinski definition) is 5. The predicted molar refractivity (Wildman–Crippen MR) is 99.7 cm³/mol. The minimum atomic E-state index is -3.56. The maximum absolute atomic E-state index is 12.9. The van der Waals surface area contributed by atoms with Crippen LogP contribution < -0.4 is 14.4 Å². The lowest BCUT2D eigenvalue weighted by molar-refractivity contribution is 0.174. The minimum absolute atomic E-state index is 0.122. The first kappa shape index (κ1) is 17.5. The van der Waals surface area contributed by atoms with Crippen molar-refractivity contribution in [1.29, 1.82) is 0 Å². The van der Waals surface area contributed by atoms with Crippen molar-refractivity contribution in [3.63, 3.8) is 0 Å². The maximum atomic E-state index is 12.9. The third-order valence-corrected chi connectivity index (χ3v) is 7.04. The topological polar surface area (TPSA) is 59.1 Å². The van der Waals surface area contributed by atoms with E-state index in [1.54, 1.807) is 12.1 Å². The van der Waals surface area contributed by atoms with Gasteiger partial charge in [-0.3, -0.25) is 0 Å². The molecule has 2 aromatic rings. The highest BCUT2D eigenvalue weighted by molar-refractivity contribution is 7.89. The van der Waals surface area contributed by atoms with Crippen molar-refractivity contribution in [2.45, 2.75) is 11.8 Å². The average Bonchev–Trinajstić information content (AvgIpc) is 3.12. The molecule has 1 fully saturated rings. The number of benzene rings is 2. The zero-order valence-corrected chi connectivity index (χ0v) is 15.9. The Morgan fingerprint density at radius 3 is 2.42 bits per heavy atom. The SMILES string of the molecule is Cc1ccc(N2CCN(S(=O)(=O)c3ccc4c(c3)OCO4)CC2)cc1Cl. The van der Waals surface area contributed by atoms with E-state index in [4.69, 9.17) is 21.1 Å². The molecule has 0 amide bonds. The van der Waals surface area contributed by atoms with Crippen LogP contribution in [0.3, 0.4) is 0 Å². The number of sulfonamides is 1. The summed E-state index contributed by atoms with van der Waals surface area (Å²) < 4.78 is 37.9. The van der Waals surface area contributed by atoms with E-state index in [-0.39, 0.29) is 11.7 Å². The highest BCUT2D eigenvalue weighted by Crippen LogP contribution is 2.35. The van der Waals surface area contributed by atoms with Crippen molar-refractivity contribution in [2.24, 2.45) is 0 Å². The van der Waals surface area contributed by atoms with E-state index in [1.807, 2.05) is 25.1 Å². The number of anilines is 1. The van der Waals surface area contributed by atoms with E-state index < -0.39 is 10.0 Å². The maximum Gasteiger partial charge on any atom is 0.243 e. The van der Waals surface area contributed by atoms with Crippen LogP contribution in [0.5, 0.6) is 11.5 Å². The Morgan fingerprint density at radius 1 is 0.962 bits per heavy atom. The van der Waals surface area contributed by atoms with Gasteiger partial charge in [-0.2, -0.15) is 4.31 Å². The summed E-state index contributed by atoms with van der Waals surface area (Å²) in [6, 6.07) is 10.7. The summed E-state index contributed by atoms with van der Waals surface area (Å²) >= 11 is 6.21. The molecule has 8 heteroatoms. The number of ether oxygens (including phenoxy) is 2. The van der Waals surface area contributed by atoms with E-state index in [9.17, 15) is 8.42 Å². The fraction of sp³-hybridized carbons (Fsp3) is 0.333. The normalized spacial score (nSPS) is 17.5. The van der Waals surface area contributed by atoms with Crippen LogP contribution in [0.2, 0.25) is 5.02 Å². The first-order valence-corrected chi connectivity index (χ1v) is 10.2. The third-order valence-electron chi connectivity index (χ3n) is 4.74. The van der Waals surface area contributed by atoms with E-state index in [0.717, 1.165) is 16.3 Å². The molecule has 1 saturated heterocycles. The Kier molecular flexibility index (Phi) is 4.46. The second-order valence-electron chi connectivity index (χ2n) is 6.34. The van der Waals surface area contributed by atoms with Crippen molar-refractivity contribution in [3.8, 4) is 11.5 Å². The van der Waals surface area contributed by atoms with Gasteiger partial charge in [0.25, 0.3) is 0 Å². The number of nitrogens with zero attached hydrogens (tertiary/aromatic N) is 2. The van der Waals surface area contributed by atoms with Crippen LogP contribution in [0.15, 0.2) is 41.3 Å². The molecule has 2 aliphatic heterocycles. The van der Waals surface area contributed by atoms with Crippen molar-refractivity contribution >= 4 is 27.3 Å². The van der Waals surface area contributed by atoms with Gasteiger partial charge in [0, 0.05) is 43.0 Å². The van der Waals surface area contributed by atoms with Gasteiger partial charge in [0.2, 0.25) is 16.8 Å². The summed E-state index contributed by atoms with van der Waals surface area (Å²) in [7, 11) is -3.56. The summed E-state index contributed by atoms with van der Waals surface area (Å²) in [5, 5.41) is 0.720. The Bertz CT molecular complexity index is 940. The smallest absolute Gasteiger partial charge is 0.243 e. The van der Waals surface area contributed by atoms with Gasteiger partial charge in [0.05, 0.1) is 4.90 Å². The lowest BCUT2D eigenvalue weighted by Gasteiger charge is -2.35. The largest absolute Gasteiger partial charge is 0.454 e. The van der Waals surface area contributed by atoms with Gasteiger partial charge in [-0.25, -0.2) is 8.42 Å². The third kappa shape index (κ3) is 3.11. The molecule has 138 valence electrons. The molecule has 0 aromatic heterocycles. The summed E-state index contributed by atoms with van der Waals surface area (Å²) in [6.07, 6.45) is 0. The summed E-state index contributed by atoms with van der Waals surface area (Å²) in [5.74, 6) is 1.05. The van der Waals surface area contributed by atoms with Crippen LogP contribution in [0.25, 0.3) is 0 Å². The number of piperazine rings is 1. The van der Waals surface area contributed by atoms with Gasteiger partial charge in [-0.05, 0) is 36.8 Å². The Hall–Kier alpha value is -1.96. The van der Waals surface area contributed by atoms with Gasteiger partial charge < -0.3 is 14.4 Å². The monoisotopic (exact) mass is 394 g/mol. The molecular weight excluding hydrogens is 376 g/mol. The van der Waals surface area contributed by atoms with Crippen LogP contribution in [-0.4, -0.2) is 45.7 Å². The molecule has 0 saturated carbocycles. The molecule has 2 heterocycles. The molecule has 0 atom stereocenters. The first-order chi connectivity index (χ1) is 12.4. The molecule has 0 unspecified atom stereocenters. The lowest BCUT2D eigenvalue weighted by Crippen LogP contribution is -2.48. The lowest BCUT2D eigenvalue weighted by atomic mass is 10.2. The molecule has 0 aliphatic carbocycles. The molecule has 0 N–H and O–H groups in total. The molecule has 2 aromatic carbocycles. The van der Waals surface area contributed by atoms with Gasteiger partial charge in [-0.15, -0.1) is 0 Å². The van der Waals surface area contributed by atoms with Crippen LogP contribution in [0.1, 0.15) is 5.56 Å². The van der Waals surface area contributed by atoms with Crippen LogP contribution >= 0.6 is 11.6 Å². The van der Waals surface area contributed by atoms with Gasteiger partial charge >= 0.3 is 0 Å². The second kappa shape index (κ2) is 6.64. The molecular formula is C18H19ClN2O4S. The fourth-order valence-corrected chi connectivity index (χ4v) is 4.76. The Labute approximate surface area is 157 Å². The number of hydrogen-bond donors (Lipinski definition) is 0. The molecule has 2 aliphatic rings. The average molecular weight is 395 g/mol. The zero-order chi connectivity index (χ0) is 18.3. The van der Waals surface area contributed by atoms with E-state index in [2.05, 4.69) is 4.90 Å². The zero-order valence-electron chi connectivity index (χ0n) is 14.3. The first-order valence-electron chi connectivity index (χ1n) is 8.36. The van der Waals surface area contributed by atoms with E-state index in [0.29, 0.717) is 37.7 Å². The van der Waals surface area contributed by atoms with Gasteiger partial charge in [0.15, 0.2) is 11.5 Å². The van der Waals surface area contributed by atoms with Crippen LogP contribution in [0.4, 0.5) is 5.69 Å². The van der Waals surface area contributed by atoms with E-state index in [1.165, 1.54) is 10.4 Å². The van der Waals surface area contributed by atoms with Crippen molar-refractivity contribution in [3.05, 3.63) is 47.0 Å². The number of halogens is 1. The fourth-order valence-electron chi connectivity index (χ4n) is 3.15. The van der Waals surface area contributed by atoms with Crippen molar-refractivity contribution in [1.82, 2.24) is 4.31 Å². The van der Waals surface area contributed by atoms with Gasteiger partial charge in [-0.1, -0.05) is 17.7 Å². The Balaban J connectivity index is 1.49. The highest BCUT2D eigenvalue weighted by Gasteiger charge is 2.30. The van der Waals surface area contributed by atoms with Gasteiger partial charge in [0.1, 0.15) is 0 Å². The number of rotatable bonds is 3. The van der Waals surface area contributed by atoms with E-state index >= 15 is 0 Å². The molecule has 0 spiro atoms. The minimum Gasteiger partial charge on any atom is -0.454 e. The standard InChI is InChI=1S/C18H19ClN2O4S/c1-13-2-3-14(10-16(13)19)20-6-8-21(9-7-20)26(22,23)15-4-5-17-18(11-15)25-12-24-17/h2-5,10-11H,6-9,12H2,1H3. The highest BCUT2D eigenvalue weighted by atomic mass is 35.5.